The van der Waals surface area contributed by atoms with E-state index in [0.717, 1.165) is 12.8 Å². The highest BCUT2D eigenvalue weighted by Gasteiger charge is 2.20. The van der Waals surface area contributed by atoms with Gasteiger partial charge in [0.1, 0.15) is 0 Å². The van der Waals surface area contributed by atoms with Crippen LogP contribution in [0.3, 0.4) is 0 Å². The van der Waals surface area contributed by atoms with Gasteiger partial charge in [-0.3, -0.25) is 4.79 Å². The van der Waals surface area contributed by atoms with Crippen molar-refractivity contribution in [1.29, 1.82) is 0 Å². The lowest BCUT2D eigenvalue weighted by molar-refractivity contribution is -0.117. The molecule has 0 amide bonds. The summed E-state index contributed by atoms with van der Waals surface area (Å²) in [5.74, 6) is 0.224. The third kappa shape index (κ3) is 0.942. The quantitative estimate of drug-likeness (QED) is 0.439. The largest absolute Gasteiger partial charge is 0.298 e. The van der Waals surface area contributed by atoms with E-state index in [1.807, 2.05) is 0 Å². The van der Waals surface area contributed by atoms with Gasteiger partial charge in [0.05, 0.1) is 5.38 Å². The van der Waals surface area contributed by atoms with E-state index in [1.165, 1.54) is 0 Å². The number of alkyl halides is 1. The predicted molar refractivity (Wildman–Crippen MR) is 28.5 cm³/mol. The monoisotopic (exact) mass is 118 g/mol. The van der Waals surface area contributed by atoms with Crippen molar-refractivity contribution < 1.29 is 4.79 Å². The third-order valence-electron chi connectivity index (χ3n) is 1.23. The Bertz CT molecular complexity index is 90.1. The SMILES string of the molecule is O=C1CCC[C@H]1Cl. The highest BCUT2D eigenvalue weighted by Crippen LogP contribution is 2.18. The van der Waals surface area contributed by atoms with Gasteiger partial charge in [-0.25, -0.2) is 0 Å². The Morgan fingerprint density at radius 3 is 2.57 bits per heavy atom. The number of hydrogen-bond acceptors (Lipinski definition) is 1. The third-order valence-corrected chi connectivity index (χ3v) is 1.69. The van der Waals surface area contributed by atoms with E-state index in [9.17, 15) is 4.79 Å². The second-order valence-corrected chi connectivity index (χ2v) is 2.35. The minimum absolute atomic E-state index is 0.153. The normalized spacial score (nSPS) is 31.6. The molecule has 1 nitrogen and oxygen atoms in total. The first-order valence-electron chi connectivity index (χ1n) is 2.47. The summed E-state index contributed by atoms with van der Waals surface area (Å²) in [6.45, 7) is 0. The first kappa shape index (κ1) is 5.10. The Morgan fingerprint density at radius 1 is 1.71 bits per heavy atom. The first-order valence-corrected chi connectivity index (χ1v) is 2.91. The number of carbonyl (C=O) groups excluding carboxylic acids is 1. The molecule has 1 saturated carbocycles. The van der Waals surface area contributed by atoms with E-state index in [0.29, 0.717) is 6.42 Å². The summed E-state index contributed by atoms with van der Waals surface area (Å²) in [5, 5.41) is -0.153. The van der Waals surface area contributed by atoms with Gasteiger partial charge in [0.2, 0.25) is 0 Å². The van der Waals surface area contributed by atoms with Crippen molar-refractivity contribution in [3.8, 4) is 0 Å². The van der Waals surface area contributed by atoms with Crippen molar-refractivity contribution in [2.45, 2.75) is 24.6 Å². The Balaban J connectivity index is 2.48. The summed E-state index contributed by atoms with van der Waals surface area (Å²) in [5.41, 5.74) is 0. The van der Waals surface area contributed by atoms with Gasteiger partial charge in [0.25, 0.3) is 0 Å². The van der Waals surface area contributed by atoms with Crippen LogP contribution in [0.2, 0.25) is 0 Å². The maximum Gasteiger partial charge on any atom is 0.150 e. The Labute approximate surface area is 47.7 Å². The second kappa shape index (κ2) is 1.83. The van der Waals surface area contributed by atoms with E-state index < -0.39 is 0 Å². The number of ketones is 1. The average Bonchev–Trinajstić information content (AvgIpc) is 1.91. The summed E-state index contributed by atoms with van der Waals surface area (Å²) >= 11 is 5.51. The van der Waals surface area contributed by atoms with Gasteiger partial charge in [-0.05, 0) is 12.8 Å². The van der Waals surface area contributed by atoms with Crippen LogP contribution in [-0.2, 0) is 4.79 Å². The standard InChI is InChI=1S/C5H7ClO/c6-4-2-1-3-5(4)7/h4H,1-3H2/t4-/m1/s1. The summed E-state index contributed by atoms with van der Waals surface area (Å²) in [7, 11) is 0. The summed E-state index contributed by atoms with van der Waals surface area (Å²) in [6, 6.07) is 0. The Kier molecular flexibility index (Phi) is 1.33. The molecule has 0 aliphatic heterocycles. The zero-order valence-corrected chi connectivity index (χ0v) is 4.74. The molecule has 1 aliphatic rings. The maximum atomic E-state index is 10.4. The lowest BCUT2D eigenvalue weighted by Crippen LogP contribution is -2.02. The zero-order valence-electron chi connectivity index (χ0n) is 3.98. The number of halogens is 1. The fourth-order valence-electron chi connectivity index (χ4n) is 0.773. The molecule has 40 valence electrons. The second-order valence-electron chi connectivity index (χ2n) is 1.83. The van der Waals surface area contributed by atoms with Crippen molar-refractivity contribution in [3.05, 3.63) is 0 Å². The highest BCUT2D eigenvalue weighted by molar-refractivity contribution is 6.31. The van der Waals surface area contributed by atoms with Crippen LogP contribution >= 0.6 is 11.6 Å². The zero-order chi connectivity index (χ0) is 5.28. The topological polar surface area (TPSA) is 17.1 Å². The smallest absolute Gasteiger partial charge is 0.150 e. The molecule has 1 fully saturated rings. The van der Waals surface area contributed by atoms with E-state index in [4.69, 9.17) is 11.6 Å². The number of carbonyl (C=O) groups is 1. The van der Waals surface area contributed by atoms with Crippen LogP contribution in [0.25, 0.3) is 0 Å². The van der Waals surface area contributed by atoms with Crippen LogP contribution in [0.5, 0.6) is 0 Å². The van der Waals surface area contributed by atoms with Crippen LogP contribution in [0, 0.1) is 0 Å². The van der Waals surface area contributed by atoms with Crippen LogP contribution in [0.15, 0.2) is 0 Å². The number of rotatable bonds is 0. The molecule has 0 spiro atoms. The molecule has 2 heteroatoms. The Hall–Kier alpha value is -0.0400. The first-order chi connectivity index (χ1) is 3.30. The molecule has 0 unspecified atom stereocenters. The molecule has 0 N–H and O–H groups in total. The van der Waals surface area contributed by atoms with Crippen molar-refractivity contribution in [2.75, 3.05) is 0 Å². The molecule has 0 aromatic carbocycles. The maximum absolute atomic E-state index is 10.4. The van der Waals surface area contributed by atoms with Crippen molar-refractivity contribution in [2.24, 2.45) is 0 Å². The number of hydrogen-bond donors (Lipinski definition) is 0. The van der Waals surface area contributed by atoms with Crippen LogP contribution in [-0.4, -0.2) is 11.2 Å². The van der Waals surface area contributed by atoms with Crippen molar-refractivity contribution in [3.63, 3.8) is 0 Å². The van der Waals surface area contributed by atoms with E-state index in [2.05, 4.69) is 0 Å². The number of Topliss-reactive ketones (excluding diaryl/α,β-unsaturated/α-hetero) is 1. The van der Waals surface area contributed by atoms with Gasteiger partial charge < -0.3 is 0 Å². The molecule has 0 bridgehead atoms. The van der Waals surface area contributed by atoms with Gasteiger partial charge in [-0.1, -0.05) is 0 Å². The molecule has 1 atom stereocenters. The molecule has 1 aliphatic carbocycles. The van der Waals surface area contributed by atoms with Crippen molar-refractivity contribution in [1.82, 2.24) is 0 Å². The molecule has 0 heterocycles. The highest BCUT2D eigenvalue weighted by atomic mass is 35.5. The Morgan fingerprint density at radius 2 is 2.43 bits per heavy atom. The lowest BCUT2D eigenvalue weighted by Gasteiger charge is -1.88. The lowest BCUT2D eigenvalue weighted by atomic mass is 10.3. The van der Waals surface area contributed by atoms with Crippen molar-refractivity contribution >= 4 is 17.4 Å². The van der Waals surface area contributed by atoms with E-state index >= 15 is 0 Å². The average molecular weight is 119 g/mol. The predicted octanol–water partition coefficient (Wildman–Crippen LogP) is 1.35. The van der Waals surface area contributed by atoms with Gasteiger partial charge >= 0.3 is 0 Å². The summed E-state index contributed by atoms with van der Waals surface area (Å²) in [6.07, 6.45) is 2.58. The van der Waals surface area contributed by atoms with Gasteiger partial charge in [0, 0.05) is 6.42 Å². The van der Waals surface area contributed by atoms with Crippen LogP contribution < -0.4 is 0 Å². The fourth-order valence-corrected chi connectivity index (χ4v) is 1.04. The molecular formula is C5H7ClO. The molecule has 0 radical (unpaired) electrons. The molecule has 0 saturated heterocycles. The molecule has 1 rings (SSSR count). The molecular weight excluding hydrogens is 112 g/mol. The molecule has 7 heavy (non-hydrogen) atoms. The molecule has 0 aromatic heterocycles. The van der Waals surface area contributed by atoms with E-state index in [1.54, 1.807) is 0 Å². The fraction of sp³-hybridized carbons (Fsp3) is 0.800. The van der Waals surface area contributed by atoms with Crippen LogP contribution in [0.4, 0.5) is 0 Å². The minimum atomic E-state index is -0.153. The van der Waals surface area contributed by atoms with Crippen LogP contribution in [0.1, 0.15) is 19.3 Å². The molecule has 0 aromatic rings. The van der Waals surface area contributed by atoms with Gasteiger partial charge in [-0.2, -0.15) is 0 Å². The summed E-state index contributed by atoms with van der Waals surface area (Å²) in [4.78, 5) is 10.4. The summed E-state index contributed by atoms with van der Waals surface area (Å²) < 4.78 is 0. The van der Waals surface area contributed by atoms with E-state index in [-0.39, 0.29) is 11.2 Å². The van der Waals surface area contributed by atoms with Gasteiger partial charge in [0.15, 0.2) is 5.78 Å². The van der Waals surface area contributed by atoms with Gasteiger partial charge in [-0.15, -0.1) is 11.6 Å². The minimum Gasteiger partial charge on any atom is -0.298 e.